The average Bonchev–Trinajstić information content (AvgIpc) is 2.74. The van der Waals surface area contributed by atoms with E-state index < -0.39 is 11.6 Å². The fraction of sp³-hybridized carbons (Fsp3) is 0.130. The maximum Gasteiger partial charge on any atom is 0.207 e. The molecule has 2 aromatic carbocycles. The Morgan fingerprint density at radius 2 is 1.43 bits per heavy atom. The van der Waals surface area contributed by atoms with Crippen molar-refractivity contribution in [1.29, 1.82) is 0 Å². The highest BCUT2D eigenvalue weighted by molar-refractivity contribution is 6.52. The molecule has 0 spiro atoms. The number of anilines is 1. The molecular formula is C23H15Cl2NO4. The maximum absolute atomic E-state index is 13.2. The van der Waals surface area contributed by atoms with E-state index in [1.54, 1.807) is 49.3 Å². The van der Waals surface area contributed by atoms with Crippen LogP contribution in [-0.2, 0) is 0 Å². The zero-order valence-corrected chi connectivity index (χ0v) is 17.6. The lowest BCUT2D eigenvalue weighted by Crippen LogP contribution is -2.26. The van der Waals surface area contributed by atoms with Crippen LogP contribution in [0.5, 0.6) is 0 Å². The molecule has 0 aliphatic heterocycles. The molecule has 2 aromatic rings. The van der Waals surface area contributed by atoms with E-state index in [0.717, 1.165) is 0 Å². The largest absolute Gasteiger partial charge is 0.377 e. The normalized spacial score (nSPS) is 15.8. The molecule has 0 saturated carbocycles. The summed E-state index contributed by atoms with van der Waals surface area (Å²) in [6, 6.07) is 9.63. The number of alkyl halides is 1. The first kappa shape index (κ1) is 20.3. The first-order valence-corrected chi connectivity index (χ1v) is 9.97. The van der Waals surface area contributed by atoms with Crippen molar-refractivity contribution in [3.05, 3.63) is 80.9 Å². The molecule has 0 atom stereocenters. The van der Waals surface area contributed by atoms with Gasteiger partial charge in [0, 0.05) is 47.5 Å². The Balaban J connectivity index is 1.98. The van der Waals surface area contributed by atoms with Gasteiger partial charge in [-0.05, 0) is 12.1 Å². The molecule has 0 fully saturated rings. The molecule has 5 nitrogen and oxygen atoms in total. The molecule has 0 bridgehead atoms. The van der Waals surface area contributed by atoms with Gasteiger partial charge in [0.05, 0.1) is 22.2 Å². The molecule has 0 aromatic heterocycles. The lowest BCUT2D eigenvalue weighted by Gasteiger charge is -2.27. The number of allylic oxidation sites excluding steroid dienone is 4. The molecule has 2 aliphatic carbocycles. The van der Waals surface area contributed by atoms with Crippen LogP contribution in [0.25, 0.3) is 5.57 Å². The summed E-state index contributed by atoms with van der Waals surface area (Å²) in [5.41, 5.74) is 1.84. The van der Waals surface area contributed by atoms with Crippen LogP contribution in [0.1, 0.15) is 47.0 Å². The van der Waals surface area contributed by atoms with Crippen molar-refractivity contribution in [2.45, 2.75) is 0 Å². The molecule has 2 aliphatic rings. The molecular weight excluding hydrogens is 425 g/mol. The van der Waals surface area contributed by atoms with Gasteiger partial charge in [-0.15, -0.1) is 11.6 Å². The summed E-state index contributed by atoms with van der Waals surface area (Å²) < 4.78 is 0. The van der Waals surface area contributed by atoms with Crippen LogP contribution in [0.15, 0.2) is 53.1 Å². The Bertz CT molecular complexity index is 1240. The Hall–Kier alpha value is -3.02. The summed E-state index contributed by atoms with van der Waals surface area (Å²) in [4.78, 5) is 53.3. The van der Waals surface area contributed by atoms with E-state index in [-0.39, 0.29) is 44.8 Å². The van der Waals surface area contributed by atoms with Gasteiger partial charge in [-0.25, -0.2) is 0 Å². The van der Waals surface area contributed by atoms with Gasteiger partial charge in [0.2, 0.25) is 5.78 Å². The zero-order chi connectivity index (χ0) is 21.7. The summed E-state index contributed by atoms with van der Waals surface area (Å²) in [6.45, 7) is 0. The molecule has 0 saturated heterocycles. The third-order valence-corrected chi connectivity index (χ3v) is 5.88. The number of nitrogens with zero attached hydrogens (tertiary/aromatic N) is 1. The van der Waals surface area contributed by atoms with Gasteiger partial charge in [0.15, 0.2) is 17.3 Å². The second-order valence-electron chi connectivity index (χ2n) is 7.16. The first-order valence-electron chi connectivity index (χ1n) is 9.06. The van der Waals surface area contributed by atoms with Gasteiger partial charge in [-0.2, -0.15) is 0 Å². The molecule has 0 radical (unpaired) electrons. The number of halogens is 2. The number of fused-ring (bicyclic) bond motifs is 2. The van der Waals surface area contributed by atoms with Crippen molar-refractivity contribution in [3.8, 4) is 0 Å². The van der Waals surface area contributed by atoms with Gasteiger partial charge in [0.1, 0.15) is 0 Å². The number of hydrogen-bond acceptors (Lipinski definition) is 5. The highest BCUT2D eigenvalue weighted by atomic mass is 35.5. The van der Waals surface area contributed by atoms with Gasteiger partial charge in [0.25, 0.3) is 0 Å². The molecule has 0 unspecified atom stereocenters. The van der Waals surface area contributed by atoms with E-state index >= 15 is 0 Å². The lowest BCUT2D eigenvalue weighted by molar-refractivity contribution is 0.0981. The number of hydrogen-bond donors (Lipinski definition) is 0. The highest BCUT2D eigenvalue weighted by Crippen LogP contribution is 2.40. The zero-order valence-electron chi connectivity index (χ0n) is 16.1. The summed E-state index contributed by atoms with van der Waals surface area (Å²) >= 11 is 12.0. The Morgan fingerprint density at radius 1 is 0.800 bits per heavy atom. The highest BCUT2D eigenvalue weighted by Gasteiger charge is 2.36. The van der Waals surface area contributed by atoms with Gasteiger partial charge >= 0.3 is 0 Å². The molecule has 30 heavy (non-hydrogen) atoms. The van der Waals surface area contributed by atoms with E-state index in [4.69, 9.17) is 23.2 Å². The Labute approximate surface area is 182 Å². The molecule has 7 heteroatoms. The number of ketones is 4. The Morgan fingerprint density at radius 3 is 2.07 bits per heavy atom. The van der Waals surface area contributed by atoms with E-state index in [9.17, 15) is 19.2 Å². The third kappa shape index (κ3) is 2.85. The fourth-order valence-electron chi connectivity index (χ4n) is 3.84. The van der Waals surface area contributed by atoms with E-state index in [2.05, 4.69) is 0 Å². The van der Waals surface area contributed by atoms with Crippen LogP contribution >= 0.6 is 23.2 Å². The monoisotopic (exact) mass is 439 g/mol. The van der Waals surface area contributed by atoms with Crippen molar-refractivity contribution in [3.63, 3.8) is 0 Å². The summed E-state index contributed by atoms with van der Waals surface area (Å²) in [5, 5.41) is -0.229. The van der Waals surface area contributed by atoms with Crippen molar-refractivity contribution in [2.24, 2.45) is 0 Å². The smallest absolute Gasteiger partial charge is 0.207 e. The predicted octanol–water partition coefficient (Wildman–Crippen LogP) is 4.33. The first-order chi connectivity index (χ1) is 14.3. The van der Waals surface area contributed by atoms with Crippen LogP contribution < -0.4 is 4.90 Å². The van der Waals surface area contributed by atoms with Crippen LogP contribution in [0.2, 0.25) is 0 Å². The molecule has 0 heterocycles. The van der Waals surface area contributed by atoms with Gasteiger partial charge in [-0.3, -0.25) is 19.2 Å². The van der Waals surface area contributed by atoms with Crippen LogP contribution in [-0.4, -0.2) is 43.1 Å². The molecule has 150 valence electrons. The fourth-order valence-corrected chi connectivity index (χ4v) is 4.41. The van der Waals surface area contributed by atoms with Crippen LogP contribution in [0, 0.1) is 0 Å². The van der Waals surface area contributed by atoms with Crippen molar-refractivity contribution in [2.75, 3.05) is 24.9 Å². The maximum atomic E-state index is 13.2. The van der Waals surface area contributed by atoms with Crippen molar-refractivity contribution in [1.82, 2.24) is 0 Å². The minimum Gasteiger partial charge on any atom is -0.377 e. The third-order valence-electron chi connectivity index (χ3n) is 5.22. The SMILES string of the molecule is CN(C)c1c(C2=CC(=O)c3ccccc3C2=O)ccc2c1C(=O)C(Cl)=C(CCl)C2=O. The topological polar surface area (TPSA) is 71.5 Å². The second-order valence-corrected chi connectivity index (χ2v) is 7.81. The predicted molar refractivity (Wildman–Crippen MR) is 116 cm³/mol. The van der Waals surface area contributed by atoms with Gasteiger partial charge < -0.3 is 4.90 Å². The minimum absolute atomic E-state index is 0.0466. The summed E-state index contributed by atoms with van der Waals surface area (Å²) in [5.74, 6) is -1.78. The summed E-state index contributed by atoms with van der Waals surface area (Å²) in [7, 11) is 3.38. The average molecular weight is 440 g/mol. The van der Waals surface area contributed by atoms with E-state index in [1.165, 1.54) is 12.1 Å². The quantitative estimate of drug-likeness (QED) is 0.665. The van der Waals surface area contributed by atoms with Gasteiger partial charge in [-0.1, -0.05) is 41.9 Å². The number of benzene rings is 2. The molecule has 0 N–H and O–H groups in total. The Kier molecular flexibility index (Phi) is 4.96. The standard InChI is InChI=1S/C23H15Cl2NO4/c1-26(2)20-12(15-9-17(27)11-5-3-4-6-13(11)21(15)28)7-8-14-18(20)23(30)19(25)16(10-24)22(14)29/h3-9H,10H2,1-2H3. The van der Waals surface area contributed by atoms with Crippen LogP contribution in [0.3, 0.4) is 0 Å². The number of carbonyl (C=O) groups excluding carboxylic acids is 4. The van der Waals surface area contributed by atoms with Crippen molar-refractivity contribution >= 4 is 57.6 Å². The number of Topliss-reactive ketones (excluding diaryl/α,β-unsaturated/α-hetero) is 3. The summed E-state index contributed by atoms with van der Waals surface area (Å²) in [6.07, 6.45) is 1.27. The van der Waals surface area contributed by atoms with E-state index in [0.29, 0.717) is 22.4 Å². The minimum atomic E-state index is -0.539. The number of carbonyl (C=O) groups is 4. The second kappa shape index (κ2) is 7.35. The van der Waals surface area contributed by atoms with E-state index in [1.807, 2.05) is 0 Å². The van der Waals surface area contributed by atoms with Crippen molar-refractivity contribution < 1.29 is 19.2 Å². The molecule has 4 rings (SSSR count). The lowest BCUT2D eigenvalue weighted by atomic mass is 9.81. The molecule has 0 amide bonds. The number of rotatable bonds is 3. The van der Waals surface area contributed by atoms with Crippen LogP contribution in [0.4, 0.5) is 5.69 Å².